The van der Waals surface area contributed by atoms with Crippen LogP contribution in [-0.2, 0) is 0 Å². The van der Waals surface area contributed by atoms with Gasteiger partial charge in [0.15, 0.2) is 11.5 Å². The molecule has 1 aromatic heterocycles. The van der Waals surface area contributed by atoms with E-state index < -0.39 is 5.63 Å². The van der Waals surface area contributed by atoms with E-state index >= 15 is 0 Å². The molecule has 0 saturated carbocycles. The summed E-state index contributed by atoms with van der Waals surface area (Å²) in [6.45, 7) is 2.46. The molecule has 0 bridgehead atoms. The van der Waals surface area contributed by atoms with Gasteiger partial charge in [0.25, 0.3) is 0 Å². The Hall–Kier alpha value is -2.41. The Morgan fingerprint density at radius 3 is 2.92 bits per heavy atom. The average molecular weight is 359 g/mol. The van der Waals surface area contributed by atoms with Gasteiger partial charge < -0.3 is 19.0 Å². The van der Waals surface area contributed by atoms with Gasteiger partial charge in [0.1, 0.15) is 17.1 Å². The zero-order chi connectivity index (χ0) is 17.4. The molecular weight excluding hydrogens is 342 g/mol. The first-order valence-corrected chi connectivity index (χ1v) is 9.05. The lowest BCUT2D eigenvalue weighted by molar-refractivity contribution is 0.174. The molecule has 0 saturated heterocycles. The monoisotopic (exact) mass is 359 g/mol. The van der Waals surface area contributed by atoms with Crippen molar-refractivity contribution in [3.63, 3.8) is 0 Å². The second kappa shape index (κ2) is 6.48. The van der Waals surface area contributed by atoms with Gasteiger partial charge in [-0.25, -0.2) is 4.79 Å². The van der Waals surface area contributed by atoms with Gasteiger partial charge in [0.2, 0.25) is 6.79 Å². The largest absolute Gasteiger partial charge is 0.507 e. The highest BCUT2D eigenvalue weighted by Gasteiger charge is 2.25. The van der Waals surface area contributed by atoms with E-state index in [0.717, 1.165) is 22.8 Å². The molecule has 2 aromatic rings. The van der Waals surface area contributed by atoms with Crippen LogP contribution in [0.1, 0.15) is 28.6 Å². The highest BCUT2D eigenvalue weighted by Crippen LogP contribution is 2.41. The molecule has 0 spiro atoms. The van der Waals surface area contributed by atoms with Crippen molar-refractivity contribution in [1.29, 1.82) is 0 Å². The van der Waals surface area contributed by atoms with Crippen LogP contribution in [0.4, 0.5) is 0 Å². The summed E-state index contributed by atoms with van der Waals surface area (Å²) in [4.78, 5) is 16.7. The van der Waals surface area contributed by atoms with Gasteiger partial charge in [0.05, 0.1) is 5.71 Å². The van der Waals surface area contributed by atoms with E-state index in [9.17, 15) is 9.90 Å². The Morgan fingerprint density at radius 1 is 1.24 bits per heavy atom. The lowest BCUT2D eigenvalue weighted by atomic mass is 10.0. The highest BCUT2D eigenvalue weighted by molar-refractivity contribution is 7.99. The van der Waals surface area contributed by atoms with Crippen LogP contribution >= 0.6 is 11.8 Å². The summed E-state index contributed by atoms with van der Waals surface area (Å²) >= 11 is 1.77. The van der Waals surface area contributed by atoms with Crippen LogP contribution in [0.3, 0.4) is 0 Å². The quantitative estimate of drug-likeness (QED) is 0.888. The number of fused-ring (bicyclic) bond motifs is 1. The standard InChI is InChI=1S/C18H17NO5S/c1-10-6-13(20)17(18(21)24-10)12-8-16(25-5-4-19-12)11-2-3-14-15(7-11)23-9-22-14/h2-3,6-7,16,20H,4-5,8-9H2,1H3. The predicted octanol–water partition coefficient (Wildman–Crippen LogP) is 3.05. The molecule has 0 amide bonds. The maximum Gasteiger partial charge on any atom is 0.348 e. The molecule has 0 radical (unpaired) electrons. The van der Waals surface area contributed by atoms with E-state index in [-0.39, 0.29) is 23.4 Å². The fourth-order valence-electron chi connectivity index (χ4n) is 3.04. The molecule has 2 aliphatic rings. The molecule has 2 aliphatic heterocycles. The minimum Gasteiger partial charge on any atom is -0.507 e. The first-order valence-electron chi connectivity index (χ1n) is 8.00. The minimum absolute atomic E-state index is 0.0798. The molecule has 0 fully saturated rings. The minimum atomic E-state index is -0.549. The molecule has 0 aliphatic carbocycles. The summed E-state index contributed by atoms with van der Waals surface area (Å²) in [7, 11) is 0. The number of aryl methyl sites for hydroxylation is 1. The Labute approximate surface area is 148 Å². The Morgan fingerprint density at radius 2 is 2.08 bits per heavy atom. The van der Waals surface area contributed by atoms with Crippen molar-refractivity contribution in [2.75, 3.05) is 19.1 Å². The summed E-state index contributed by atoms with van der Waals surface area (Å²) in [5.74, 6) is 2.61. The third-order valence-electron chi connectivity index (χ3n) is 4.20. The van der Waals surface area contributed by atoms with Gasteiger partial charge in [-0.1, -0.05) is 6.07 Å². The molecule has 6 nitrogen and oxygen atoms in total. The van der Waals surface area contributed by atoms with Crippen LogP contribution in [0, 0.1) is 6.92 Å². The van der Waals surface area contributed by atoms with Crippen LogP contribution in [0.15, 0.2) is 38.5 Å². The number of aromatic hydroxyl groups is 1. The fourth-order valence-corrected chi connectivity index (χ4v) is 4.14. The molecule has 1 aromatic carbocycles. The summed E-state index contributed by atoms with van der Waals surface area (Å²) in [6.07, 6.45) is 0.533. The first-order chi connectivity index (χ1) is 12.1. The van der Waals surface area contributed by atoms with Gasteiger partial charge in [-0.3, -0.25) is 4.99 Å². The van der Waals surface area contributed by atoms with Crippen molar-refractivity contribution < 1.29 is 19.0 Å². The second-order valence-corrected chi connectivity index (χ2v) is 7.22. The number of hydrogen-bond donors (Lipinski definition) is 1. The number of nitrogens with zero attached hydrogens (tertiary/aromatic N) is 1. The zero-order valence-corrected chi connectivity index (χ0v) is 14.5. The van der Waals surface area contributed by atoms with E-state index in [0.29, 0.717) is 24.4 Å². The van der Waals surface area contributed by atoms with Crippen LogP contribution in [0.25, 0.3) is 0 Å². The molecule has 130 valence electrons. The maximum absolute atomic E-state index is 12.2. The number of rotatable bonds is 2. The van der Waals surface area contributed by atoms with Gasteiger partial charge in [-0.15, -0.1) is 0 Å². The fraction of sp³-hybridized carbons (Fsp3) is 0.333. The summed E-state index contributed by atoms with van der Waals surface area (Å²) < 4.78 is 16.0. The number of hydrogen-bond acceptors (Lipinski definition) is 7. The van der Waals surface area contributed by atoms with Gasteiger partial charge in [0, 0.05) is 30.0 Å². The number of aliphatic imine (C=N–C) groups is 1. The zero-order valence-electron chi connectivity index (χ0n) is 13.7. The van der Waals surface area contributed by atoms with Crippen molar-refractivity contribution in [3.05, 3.63) is 51.6 Å². The SMILES string of the molecule is Cc1cc(O)c(C2=NCCSC(c3ccc4c(c3)OCO4)C2)c(=O)o1. The lowest BCUT2D eigenvalue weighted by Crippen LogP contribution is -2.17. The second-order valence-electron chi connectivity index (χ2n) is 5.91. The summed E-state index contributed by atoms with van der Waals surface area (Å²) in [6, 6.07) is 7.33. The molecule has 7 heteroatoms. The van der Waals surface area contributed by atoms with E-state index in [1.54, 1.807) is 18.7 Å². The number of ether oxygens (including phenoxy) is 2. The topological polar surface area (TPSA) is 81.3 Å². The highest BCUT2D eigenvalue weighted by atomic mass is 32.2. The number of thioether (sulfide) groups is 1. The lowest BCUT2D eigenvalue weighted by Gasteiger charge is -2.16. The molecule has 1 unspecified atom stereocenters. The van der Waals surface area contributed by atoms with Crippen molar-refractivity contribution in [2.24, 2.45) is 4.99 Å². The molecule has 1 atom stereocenters. The van der Waals surface area contributed by atoms with Crippen molar-refractivity contribution in [1.82, 2.24) is 0 Å². The van der Waals surface area contributed by atoms with Crippen molar-refractivity contribution >= 4 is 17.5 Å². The predicted molar refractivity (Wildman–Crippen MR) is 95.2 cm³/mol. The number of benzene rings is 1. The third kappa shape index (κ3) is 3.11. The smallest absolute Gasteiger partial charge is 0.348 e. The van der Waals surface area contributed by atoms with Crippen LogP contribution in [-0.4, -0.2) is 29.9 Å². The van der Waals surface area contributed by atoms with Gasteiger partial charge >= 0.3 is 5.63 Å². The van der Waals surface area contributed by atoms with E-state index in [1.807, 2.05) is 18.2 Å². The Bertz CT molecular complexity index is 905. The van der Waals surface area contributed by atoms with E-state index in [4.69, 9.17) is 13.9 Å². The normalized spacial score (nSPS) is 19.4. The van der Waals surface area contributed by atoms with Crippen molar-refractivity contribution in [2.45, 2.75) is 18.6 Å². The van der Waals surface area contributed by atoms with E-state index in [1.165, 1.54) is 6.07 Å². The van der Waals surface area contributed by atoms with E-state index in [2.05, 4.69) is 4.99 Å². The molecule has 1 N–H and O–H groups in total. The van der Waals surface area contributed by atoms with Crippen LogP contribution in [0.2, 0.25) is 0 Å². The van der Waals surface area contributed by atoms with Gasteiger partial charge in [-0.05, 0) is 24.6 Å². The third-order valence-corrected chi connectivity index (χ3v) is 5.46. The Balaban J connectivity index is 1.67. The molecular formula is C18H17NO5S. The average Bonchev–Trinajstić information content (AvgIpc) is 2.91. The Kier molecular flexibility index (Phi) is 4.17. The van der Waals surface area contributed by atoms with Crippen LogP contribution in [0.5, 0.6) is 17.2 Å². The van der Waals surface area contributed by atoms with Gasteiger partial charge in [-0.2, -0.15) is 11.8 Å². The maximum atomic E-state index is 12.2. The first kappa shape index (κ1) is 16.1. The molecule has 4 rings (SSSR count). The van der Waals surface area contributed by atoms with Crippen molar-refractivity contribution in [3.8, 4) is 17.2 Å². The summed E-state index contributed by atoms with van der Waals surface area (Å²) in [5, 5.41) is 10.3. The summed E-state index contributed by atoms with van der Waals surface area (Å²) in [5.41, 5.74) is 1.28. The van der Waals surface area contributed by atoms with Crippen LogP contribution < -0.4 is 15.1 Å². The molecule has 25 heavy (non-hydrogen) atoms. The molecule has 3 heterocycles.